The Hall–Kier alpha value is -3.69. The van der Waals surface area contributed by atoms with Gasteiger partial charge in [0.2, 0.25) is 11.8 Å². The van der Waals surface area contributed by atoms with Crippen molar-refractivity contribution in [2.75, 3.05) is 13.1 Å². The van der Waals surface area contributed by atoms with Crippen molar-refractivity contribution in [2.24, 2.45) is 0 Å². The Balaban J connectivity index is 0.000000956. The number of rotatable bonds is 3. The van der Waals surface area contributed by atoms with E-state index >= 15 is 0 Å². The molecule has 0 radical (unpaired) electrons. The standard InChI is InChI=1S/C24H27N5O5.2C2H6/c1-24(2,3)34-23(33)27-12-17(13-27)29-11-16(9-25-29)14-4-5-18-15(8-14)10-28(22(18)32)19-6-7-20(30)26-21(19)31;2*1-2/h4-5,8-9,11,17,19H,6-7,10,12-13H2,1-3H3,(H,26,30,31);2*1-2H3. The molecule has 10 heteroatoms. The van der Waals surface area contributed by atoms with Gasteiger partial charge in [-0.05, 0) is 50.5 Å². The third kappa shape index (κ3) is 6.06. The molecule has 10 nitrogen and oxygen atoms in total. The quantitative estimate of drug-likeness (QED) is 0.602. The van der Waals surface area contributed by atoms with Gasteiger partial charge in [0.25, 0.3) is 5.91 Å². The third-order valence-corrected chi connectivity index (χ3v) is 6.35. The van der Waals surface area contributed by atoms with Crippen LogP contribution in [-0.2, 0) is 20.9 Å². The van der Waals surface area contributed by atoms with E-state index in [2.05, 4.69) is 10.4 Å². The molecule has 206 valence electrons. The fourth-order valence-electron chi connectivity index (χ4n) is 4.54. The predicted molar refractivity (Wildman–Crippen MR) is 143 cm³/mol. The smallest absolute Gasteiger partial charge is 0.410 e. The van der Waals surface area contributed by atoms with Crippen LogP contribution >= 0.6 is 0 Å². The summed E-state index contributed by atoms with van der Waals surface area (Å²) in [5, 5.41) is 6.79. The summed E-state index contributed by atoms with van der Waals surface area (Å²) < 4.78 is 7.25. The van der Waals surface area contributed by atoms with Crippen molar-refractivity contribution in [3.63, 3.8) is 0 Å². The third-order valence-electron chi connectivity index (χ3n) is 6.35. The summed E-state index contributed by atoms with van der Waals surface area (Å²) in [6.45, 7) is 14.9. The Bertz CT molecular complexity index is 1190. The molecule has 3 aliphatic heterocycles. The van der Waals surface area contributed by atoms with Gasteiger partial charge in [-0.15, -0.1) is 0 Å². The maximum absolute atomic E-state index is 12.9. The molecule has 3 aliphatic rings. The van der Waals surface area contributed by atoms with Crippen molar-refractivity contribution in [1.29, 1.82) is 0 Å². The van der Waals surface area contributed by atoms with E-state index in [4.69, 9.17) is 4.74 Å². The summed E-state index contributed by atoms with van der Waals surface area (Å²) in [4.78, 5) is 51.9. The molecule has 1 unspecified atom stereocenters. The minimum Gasteiger partial charge on any atom is -0.444 e. The zero-order chi connectivity index (χ0) is 28.2. The molecule has 1 atom stereocenters. The minimum absolute atomic E-state index is 0.0836. The number of likely N-dealkylation sites (tertiary alicyclic amines) is 1. The lowest BCUT2D eigenvalue weighted by Gasteiger charge is -2.39. The van der Waals surface area contributed by atoms with Gasteiger partial charge in [0, 0.05) is 43.4 Å². The van der Waals surface area contributed by atoms with Gasteiger partial charge < -0.3 is 14.5 Å². The Kier molecular flexibility index (Phi) is 8.96. The zero-order valence-corrected chi connectivity index (χ0v) is 23.4. The molecule has 4 amide bonds. The molecule has 0 spiro atoms. The zero-order valence-electron chi connectivity index (χ0n) is 23.4. The van der Waals surface area contributed by atoms with Gasteiger partial charge in [-0.2, -0.15) is 5.10 Å². The van der Waals surface area contributed by atoms with Gasteiger partial charge in [0.1, 0.15) is 11.6 Å². The SMILES string of the molecule is CC.CC.CC(C)(C)OC(=O)N1CC(n2cc(-c3ccc4c(c3)CN(C3CCC(=O)NC3=O)C4=O)cn2)C1. The summed E-state index contributed by atoms with van der Waals surface area (Å²) in [6, 6.07) is 5.06. The lowest BCUT2D eigenvalue weighted by molar-refractivity contribution is -0.136. The molecule has 4 heterocycles. The summed E-state index contributed by atoms with van der Waals surface area (Å²) in [6.07, 6.45) is 3.96. The molecule has 1 aromatic heterocycles. The second kappa shape index (κ2) is 11.8. The minimum atomic E-state index is -0.629. The van der Waals surface area contributed by atoms with Gasteiger partial charge in [0.05, 0.1) is 12.2 Å². The van der Waals surface area contributed by atoms with Crippen molar-refractivity contribution >= 4 is 23.8 Å². The first-order chi connectivity index (χ1) is 18.1. The highest BCUT2D eigenvalue weighted by atomic mass is 16.6. The number of imide groups is 1. The molecule has 0 bridgehead atoms. The maximum Gasteiger partial charge on any atom is 0.410 e. The fraction of sp³-hybridized carbons (Fsp3) is 0.536. The first kappa shape index (κ1) is 28.9. The summed E-state index contributed by atoms with van der Waals surface area (Å²) in [5.41, 5.74) is 2.73. The number of ether oxygens (including phenoxy) is 1. The Morgan fingerprint density at radius 3 is 2.37 bits per heavy atom. The van der Waals surface area contributed by atoms with E-state index < -0.39 is 17.6 Å². The summed E-state index contributed by atoms with van der Waals surface area (Å²) >= 11 is 0. The van der Waals surface area contributed by atoms with E-state index in [9.17, 15) is 19.2 Å². The molecule has 2 saturated heterocycles. The van der Waals surface area contributed by atoms with E-state index in [1.165, 1.54) is 0 Å². The van der Waals surface area contributed by atoms with Crippen molar-refractivity contribution in [1.82, 2.24) is 24.9 Å². The van der Waals surface area contributed by atoms with Crippen LogP contribution in [0.4, 0.5) is 4.79 Å². The van der Waals surface area contributed by atoms with Crippen LogP contribution in [0.1, 0.15) is 83.3 Å². The van der Waals surface area contributed by atoms with E-state index in [-0.39, 0.29) is 30.4 Å². The number of fused-ring (bicyclic) bond motifs is 1. The lowest BCUT2D eigenvalue weighted by atomic mass is 10.0. The highest BCUT2D eigenvalue weighted by Gasteiger charge is 2.39. The van der Waals surface area contributed by atoms with Crippen LogP contribution in [0.15, 0.2) is 30.6 Å². The number of piperidine rings is 1. The Morgan fingerprint density at radius 2 is 1.74 bits per heavy atom. The van der Waals surface area contributed by atoms with Crippen LogP contribution < -0.4 is 5.32 Å². The Labute approximate surface area is 224 Å². The molecule has 0 aliphatic carbocycles. The average molecular weight is 526 g/mol. The van der Waals surface area contributed by atoms with E-state index in [1.54, 1.807) is 22.1 Å². The van der Waals surface area contributed by atoms with Gasteiger partial charge in [-0.1, -0.05) is 33.8 Å². The van der Waals surface area contributed by atoms with E-state index in [0.29, 0.717) is 31.6 Å². The normalized spacial score (nSPS) is 18.9. The maximum atomic E-state index is 12.9. The summed E-state index contributed by atoms with van der Waals surface area (Å²) in [7, 11) is 0. The largest absolute Gasteiger partial charge is 0.444 e. The highest BCUT2D eigenvalue weighted by Crippen LogP contribution is 2.32. The highest BCUT2D eigenvalue weighted by molar-refractivity contribution is 6.05. The topological polar surface area (TPSA) is 114 Å². The van der Waals surface area contributed by atoms with Crippen molar-refractivity contribution in [2.45, 2.75) is 85.5 Å². The number of hydrogen-bond donors (Lipinski definition) is 1. The number of benzene rings is 1. The Morgan fingerprint density at radius 1 is 1.05 bits per heavy atom. The molecule has 5 rings (SSSR count). The van der Waals surface area contributed by atoms with Crippen molar-refractivity contribution < 1.29 is 23.9 Å². The number of amides is 4. The summed E-state index contributed by atoms with van der Waals surface area (Å²) in [5.74, 6) is -0.909. The molecule has 1 aromatic carbocycles. The first-order valence-electron chi connectivity index (χ1n) is 13.4. The fourth-order valence-corrected chi connectivity index (χ4v) is 4.54. The predicted octanol–water partition coefficient (Wildman–Crippen LogP) is 4.16. The van der Waals surface area contributed by atoms with Gasteiger partial charge in [-0.25, -0.2) is 4.79 Å². The van der Waals surface area contributed by atoms with Crippen LogP contribution in [0.25, 0.3) is 11.1 Å². The number of aromatic nitrogens is 2. The van der Waals surface area contributed by atoms with Gasteiger partial charge in [-0.3, -0.25) is 24.4 Å². The lowest BCUT2D eigenvalue weighted by Crippen LogP contribution is -2.52. The van der Waals surface area contributed by atoms with Crippen LogP contribution in [0.5, 0.6) is 0 Å². The molecule has 38 heavy (non-hydrogen) atoms. The average Bonchev–Trinajstić information content (AvgIpc) is 3.44. The second-order valence-corrected chi connectivity index (χ2v) is 10.0. The number of carbonyl (C=O) groups is 4. The van der Waals surface area contributed by atoms with Crippen LogP contribution in [0.3, 0.4) is 0 Å². The van der Waals surface area contributed by atoms with Crippen LogP contribution in [0.2, 0.25) is 0 Å². The van der Waals surface area contributed by atoms with Gasteiger partial charge in [0.15, 0.2) is 0 Å². The van der Waals surface area contributed by atoms with E-state index in [1.807, 2.05) is 71.5 Å². The molecule has 0 saturated carbocycles. The first-order valence-corrected chi connectivity index (χ1v) is 13.4. The molecular formula is C28H39N5O5. The molecule has 1 N–H and O–H groups in total. The number of nitrogens with zero attached hydrogens (tertiary/aromatic N) is 4. The van der Waals surface area contributed by atoms with Crippen LogP contribution in [0, 0.1) is 0 Å². The van der Waals surface area contributed by atoms with Crippen LogP contribution in [-0.4, -0.2) is 68.1 Å². The number of carbonyl (C=O) groups excluding carboxylic acids is 4. The monoisotopic (exact) mass is 525 g/mol. The number of hydrogen-bond acceptors (Lipinski definition) is 6. The van der Waals surface area contributed by atoms with E-state index in [0.717, 1.165) is 16.7 Å². The van der Waals surface area contributed by atoms with Crippen molar-refractivity contribution in [3.05, 3.63) is 41.7 Å². The molecular weight excluding hydrogens is 486 g/mol. The van der Waals surface area contributed by atoms with Crippen molar-refractivity contribution in [3.8, 4) is 11.1 Å². The number of nitrogens with one attached hydrogen (secondary N) is 1. The van der Waals surface area contributed by atoms with Gasteiger partial charge >= 0.3 is 6.09 Å². The second-order valence-electron chi connectivity index (χ2n) is 10.0. The molecule has 2 fully saturated rings. The molecule has 2 aromatic rings.